The number of nitrogens with one attached hydrogen (secondary N) is 2. The highest BCUT2D eigenvalue weighted by Gasteiger charge is 2.24. The third kappa shape index (κ3) is 1.67. The Morgan fingerprint density at radius 3 is 3.00 bits per heavy atom. The molecule has 1 saturated heterocycles. The second kappa shape index (κ2) is 3.70. The van der Waals surface area contributed by atoms with Crippen molar-refractivity contribution in [1.82, 2.24) is 14.9 Å². The van der Waals surface area contributed by atoms with Crippen LogP contribution in [0, 0.1) is 11.7 Å². The first-order valence-corrected chi connectivity index (χ1v) is 6.03. The van der Waals surface area contributed by atoms with Gasteiger partial charge < -0.3 is 14.9 Å². The minimum absolute atomic E-state index is 0.0957. The summed E-state index contributed by atoms with van der Waals surface area (Å²) in [5.41, 5.74) is 3.30. The van der Waals surface area contributed by atoms with Crippen LogP contribution in [-0.4, -0.2) is 22.0 Å². The van der Waals surface area contributed by atoms with Crippen LogP contribution in [0.1, 0.15) is 18.0 Å². The minimum Gasteiger partial charge on any atom is -0.354 e. The van der Waals surface area contributed by atoms with E-state index in [0.29, 0.717) is 17.7 Å². The summed E-state index contributed by atoms with van der Waals surface area (Å²) >= 11 is 5.34. The Morgan fingerprint density at radius 2 is 2.29 bits per heavy atom. The molecule has 1 aromatic carbocycles. The normalized spacial score (nSPS) is 19.8. The van der Waals surface area contributed by atoms with E-state index in [1.807, 2.05) is 11.5 Å². The molecule has 0 bridgehead atoms. The highest BCUT2D eigenvalue weighted by Crippen LogP contribution is 2.24. The lowest BCUT2D eigenvalue weighted by Gasteiger charge is -2.10. The average molecular weight is 247 g/mol. The fraction of sp³-hybridized carbons (Fsp3) is 0.333. The molecule has 1 amide bonds. The van der Waals surface area contributed by atoms with E-state index in [2.05, 4.69) is 28.5 Å². The van der Waals surface area contributed by atoms with Crippen LogP contribution in [0.25, 0.3) is 11.0 Å². The summed E-state index contributed by atoms with van der Waals surface area (Å²) in [5, 5.41) is 2.84. The quantitative estimate of drug-likeness (QED) is 0.758. The number of carbonyl (C=O) groups excluding carboxylic acids is 1. The van der Waals surface area contributed by atoms with Crippen molar-refractivity contribution in [2.45, 2.75) is 19.4 Å². The van der Waals surface area contributed by atoms with E-state index in [0.717, 1.165) is 11.0 Å². The van der Waals surface area contributed by atoms with Crippen LogP contribution in [0.5, 0.6) is 0 Å². The van der Waals surface area contributed by atoms with E-state index in [4.69, 9.17) is 12.2 Å². The van der Waals surface area contributed by atoms with Gasteiger partial charge in [0.15, 0.2) is 4.77 Å². The highest BCUT2D eigenvalue weighted by atomic mass is 32.1. The van der Waals surface area contributed by atoms with Crippen molar-refractivity contribution < 1.29 is 4.79 Å². The standard InChI is InChI=1S/C12H13N3OS/c1-7-2-3-10-9(4-7)14-12(17)15(10)8-5-11(16)13-6-8/h2-4,8H,5-6H2,1H3,(H,13,16)(H,14,17). The SMILES string of the molecule is Cc1ccc2c(c1)[nH]c(=S)n2C1CNC(=O)C1. The molecule has 1 aliphatic rings. The lowest BCUT2D eigenvalue weighted by Crippen LogP contribution is -2.15. The Balaban J connectivity index is 2.19. The van der Waals surface area contributed by atoms with Crippen molar-refractivity contribution in [2.24, 2.45) is 0 Å². The second-order valence-corrected chi connectivity index (χ2v) is 4.87. The van der Waals surface area contributed by atoms with E-state index < -0.39 is 0 Å². The van der Waals surface area contributed by atoms with Gasteiger partial charge in [-0.1, -0.05) is 6.07 Å². The molecule has 0 radical (unpaired) electrons. The summed E-state index contributed by atoms with van der Waals surface area (Å²) < 4.78 is 2.73. The molecule has 1 fully saturated rings. The fourth-order valence-corrected chi connectivity index (χ4v) is 2.74. The molecule has 17 heavy (non-hydrogen) atoms. The molecule has 2 aromatic rings. The van der Waals surface area contributed by atoms with Gasteiger partial charge in [0.1, 0.15) is 0 Å². The van der Waals surface area contributed by atoms with Crippen LogP contribution in [0.4, 0.5) is 0 Å². The first kappa shape index (κ1) is 10.5. The second-order valence-electron chi connectivity index (χ2n) is 4.48. The first-order valence-electron chi connectivity index (χ1n) is 5.63. The molecule has 1 atom stereocenters. The van der Waals surface area contributed by atoms with Gasteiger partial charge in [-0.15, -0.1) is 0 Å². The molecule has 0 spiro atoms. The number of carbonyl (C=O) groups is 1. The number of rotatable bonds is 1. The smallest absolute Gasteiger partial charge is 0.222 e. The zero-order valence-corrected chi connectivity index (χ0v) is 10.3. The van der Waals surface area contributed by atoms with Gasteiger partial charge in [0.05, 0.1) is 17.1 Å². The number of nitrogens with zero attached hydrogens (tertiary/aromatic N) is 1. The molecule has 0 saturated carbocycles. The summed E-state index contributed by atoms with van der Waals surface area (Å²) in [7, 11) is 0. The van der Waals surface area contributed by atoms with Crippen molar-refractivity contribution in [3.63, 3.8) is 0 Å². The van der Waals surface area contributed by atoms with Gasteiger partial charge in [0.2, 0.25) is 5.91 Å². The molecular formula is C12H13N3OS. The van der Waals surface area contributed by atoms with Crippen LogP contribution in [0.3, 0.4) is 0 Å². The van der Waals surface area contributed by atoms with Gasteiger partial charge in [0, 0.05) is 13.0 Å². The summed E-state index contributed by atoms with van der Waals surface area (Å²) in [4.78, 5) is 14.5. The van der Waals surface area contributed by atoms with E-state index in [-0.39, 0.29) is 11.9 Å². The molecule has 1 aromatic heterocycles. The van der Waals surface area contributed by atoms with E-state index in [9.17, 15) is 4.79 Å². The van der Waals surface area contributed by atoms with Gasteiger partial charge in [-0.05, 0) is 36.8 Å². The number of hydrogen-bond acceptors (Lipinski definition) is 2. The third-order valence-electron chi connectivity index (χ3n) is 3.19. The number of H-pyrrole nitrogens is 1. The van der Waals surface area contributed by atoms with Gasteiger partial charge in [-0.2, -0.15) is 0 Å². The van der Waals surface area contributed by atoms with Gasteiger partial charge >= 0.3 is 0 Å². The number of aryl methyl sites for hydroxylation is 1. The molecule has 4 nitrogen and oxygen atoms in total. The lowest BCUT2D eigenvalue weighted by atomic mass is 10.2. The molecule has 2 heterocycles. The van der Waals surface area contributed by atoms with Crippen molar-refractivity contribution in [1.29, 1.82) is 0 Å². The number of aromatic amines is 1. The Bertz CT molecular complexity index is 655. The van der Waals surface area contributed by atoms with Crippen LogP contribution in [-0.2, 0) is 4.79 Å². The van der Waals surface area contributed by atoms with Crippen molar-refractivity contribution >= 4 is 29.2 Å². The van der Waals surface area contributed by atoms with E-state index in [1.165, 1.54) is 5.56 Å². The Morgan fingerprint density at radius 1 is 1.47 bits per heavy atom. The van der Waals surface area contributed by atoms with Crippen LogP contribution < -0.4 is 5.32 Å². The summed E-state index contributed by atoms with van der Waals surface area (Å²) in [6.45, 7) is 2.71. The van der Waals surface area contributed by atoms with Crippen molar-refractivity contribution in [2.75, 3.05) is 6.54 Å². The van der Waals surface area contributed by atoms with Gasteiger partial charge in [0.25, 0.3) is 0 Å². The van der Waals surface area contributed by atoms with E-state index in [1.54, 1.807) is 0 Å². The Hall–Kier alpha value is -1.62. The van der Waals surface area contributed by atoms with Crippen molar-refractivity contribution in [3.8, 4) is 0 Å². The lowest BCUT2D eigenvalue weighted by molar-refractivity contribution is -0.119. The van der Waals surface area contributed by atoms with Gasteiger partial charge in [-0.3, -0.25) is 4.79 Å². The summed E-state index contributed by atoms with van der Waals surface area (Å²) in [5.74, 6) is 0.0957. The molecule has 2 N–H and O–H groups in total. The molecule has 3 rings (SSSR count). The summed E-state index contributed by atoms with van der Waals surface area (Å²) in [6, 6.07) is 6.32. The zero-order chi connectivity index (χ0) is 12.0. The fourth-order valence-electron chi connectivity index (χ4n) is 2.38. The summed E-state index contributed by atoms with van der Waals surface area (Å²) in [6.07, 6.45) is 0.509. The van der Waals surface area contributed by atoms with Crippen LogP contribution in [0.2, 0.25) is 0 Å². The highest BCUT2D eigenvalue weighted by molar-refractivity contribution is 7.71. The predicted octanol–water partition coefficient (Wildman–Crippen LogP) is 2.07. The largest absolute Gasteiger partial charge is 0.354 e. The molecule has 88 valence electrons. The molecule has 0 aliphatic carbocycles. The minimum atomic E-state index is 0.0957. The monoisotopic (exact) mass is 247 g/mol. The molecule has 1 unspecified atom stereocenters. The van der Waals surface area contributed by atoms with Gasteiger partial charge in [-0.25, -0.2) is 0 Å². The maximum absolute atomic E-state index is 11.3. The molecule has 1 aliphatic heterocycles. The molecular weight excluding hydrogens is 234 g/mol. The predicted molar refractivity (Wildman–Crippen MR) is 68.5 cm³/mol. The Labute approximate surface area is 104 Å². The maximum atomic E-state index is 11.3. The topological polar surface area (TPSA) is 49.8 Å². The van der Waals surface area contributed by atoms with Crippen molar-refractivity contribution in [3.05, 3.63) is 28.5 Å². The third-order valence-corrected chi connectivity index (χ3v) is 3.49. The number of benzene rings is 1. The number of amides is 1. The maximum Gasteiger partial charge on any atom is 0.222 e. The molecule has 5 heteroatoms. The first-order chi connectivity index (χ1) is 8.15. The van der Waals surface area contributed by atoms with Crippen LogP contribution in [0.15, 0.2) is 18.2 Å². The number of imidazole rings is 1. The van der Waals surface area contributed by atoms with E-state index >= 15 is 0 Å². The average Bonchev–Trinajstić information content (AvgIpc) is 2.80. The zero-order valence-electron chi connectivity index (χ0n) is 9.49. The number of hydrogen-bond donors (Lipinski definition) is 2. The number of aromatic nitrogens is 2. The Kier molecular flexibility index (Phi) is 2.29. The number of fused-ring (bicyclic) bond motifs is 1. The van der Waals surface area contributed by atoms with Crippen LogP contribution >= 0.6 is 12.2 Å².